The van der Waals surface area contributed by atoms with Gasteiger partial charge in [-0.2, -0.15) is 0 Å². The van der Waals surface area contributed by atoms with E-state index in [0.717, 1.165) is 51.4 Å². The van der Waals surface area contributed by atoms with Crippen molar-refractivity contribution < 1.29 is 4.74 Å². The van der Waals surface area contributed by atoms with Crippen molar-refractivity contribution in [3.8, 4) is 5.69 Å². The van der Waals surface area contributed by atoms with E-state index in [-0.39, 0.29) is 5.56 Å². The number of hydrogen-bond donors (Lipinski definition) is 0. The van der Waals surface area contributed by atoms with Gasteiger partial charge in [0.1, 0.15) is 11.6 Å². The van der Waals surface area contributed by atoms with Crippen molar-refractivity contribution in [2.24, 2.45) is 5.41 Å². The number of rotatable bonds is 2. The summed E-state index contributed by atoms with van der Waals surface area (Å²) in [7, 11) is 0. The second kappa shape index (κ2) is 6.87. The van der Waals surface area contributed by atoms with E-state index in [4.69, 9.17) is 27.9 Å². The number of ether oxygens (including phenoxy) is 1. The third kappa shape index (κ3) is 3.13. The summed E-state index contributed by atoms with van der Waals surface area (Å²) >= 11 is 12.4. The SMILES string of the molecule is Cc1nc(N2CCC3(CCOC3)CC2)cc(=O)n1-c1cccc(Cl)c1Cl. The van der Waals surface area contributed by atoms with Crippen LogP contribution in [0.4, 0.5) is 5.82 Å². The number of piperidine rings is 1. The number of anilines is 1. The highest BCUT2D eigenvalue weighted by Gasteiger charge is 2.38. The third-order valence-corrected chi connectivity index (χ3v) is 6.39. The van der Waals surface area contributed by atoms with Gasteiger partial charge in [-0.3, -0.25) is 9.36 Å². The number of aryl methyl sites for hydroxylation is 1. The third-order valence-electron chi connectivity index (χ3n) is 5.58. The van der Waals surface area contributed by atoms with Gasteiger partial charge < -0.3 is 9.64 Å². The lowest BCUT2D eigenvalue weighted by Gasteiger charge is -2.38. The predicted molar refractivity (Wildman–Crippen MR) is 104 cm³/mol. The highest BCUT2D eigenvalue weighted by Crippen LogP contribution is 2.39. The molecule has 0 unspecified atom stereocenters. The number of nitrogens with zero attached hydrogens (tertiary/aromatic N) is 3. The van der Waals surface area contributed by atoms with Crippen molar-refractivity contribution in [1.82, 2.24) is 9.55 Å². The van der Waals surface area contributed by atoms with Gasteiger partial charge in [-0.05, 0) is 43.7 Å². The van der Waals surface area contributed by atoms with Crippen LogP contribution in [-0.4, -0.2) is 35.9 Å². The minimum absolute atomic E-state index is 0.152. The van der Waals surface area contributed by atoms with Crippen molar-refractivity contribution in [3.63, 3.8) is 0 Å². The first kappa shape index (κ1) is 17.8. The molecular weight excluding hydrogens is 373 g/mol. The summed E-state index contributed by atoms with van der Waals surface area (Å²) in [6.07, 6.45) is 3.30. The summed E-state index contributed by atoms with van der Waals surface area (Å²) in [6.45, 7) is 5.35. The Bertz CT molecular complexity index is 881. The van der Waals surface area contributed by atoms with Gasteiger partial charge in [-0.25, -0.2) is 4.98 Å². The Balaban J connectivity index is 1.62. The van der Waals surface area contributed by atoms with Crippen LogP contribution in [-0.2, 0) is 4.74 Å². The van der Waals surface area contributed by atoms with E-state index in [1.165, 1.54) is 4.57 Å². The Morgan fingerprint density at radius 3 is 2.62 bits per heavy atom. The molecule has 7 heteroatoms. The fraction of sp³-hybridized carbons (Fsp3) is 0.474. The minimum Gasteiger partial charge on any atom is -0.381 e. The Morgan fingerprint density at radius 1 is 1.19 bits per heavy atom. The van der Waals surface area contributed by atoms with Gasteiger partial charge in [0.25, 0.3) is 5.56 Å². The van der Waals surface area contributed by atoms with E-state index in [2.05, 4.69) is 9.88 Å². The van der Waals surface area contributed by atoms with Crippen LogP contribution < -0.4 is 10.5 Å². The molecule has 26 heavy (non-hydrogen) atoms. The van der Waals surface area contributed by atoms with Crippen LogP contribution in [0, 0.1) is 12.3 Å². The molecule has 0 saturated carbocycles. The maximum Gasteiger partial charge on any atom is 0.260 e. The molecule has 2 aromatic rings. The summed E-state index contributed by atoms with van der Waals surface area (Å²) in [4.78, 5) is 19.7. The Morgan fingerprint density at radius 2 is 1.96 bits per heavy atom. The smallest absolute Gasteiger partial charge is 0.260 e. The number of aromatic nitrogens is 2. The summed E-state index contributed by atoms with van der Waals surface area (Å²) in [5, 5.41) is 0.773. The quantitative estimate of drug-likeness (QED) is 0.776. The maximum atomic E-state index is 12.8. The molecule has 138 valence electrons. The molecule has 0 amide bonds. The van der Waals surface area contributed by atoms with Crippen LogP contribution >= 0.6 is 23.2 Å². The zero-order valence-electron chi connectivity index (χ0n) is 14.7. The molecule has 0 radical (unpaired) electrons. The van der Waals surface area contributed by atoms with Crippen LogP contribution in [0.2, 0.25) is 10.0 Å². The zero-order chi connectivity index (χ0) is 18.3. The summed E-state index contributed by atoms with van der Waals surface area (Å²) in [5.41, 5.74) is 0.733. The van der Waals surface area contributed by atoms with E-state index >= 15 is 0 Å². The monoisotopic (exact) mass is 393 g/mol. The normalized spacial score (nSPS) is 19.3. The molecule has 1 spiro atoms. The molecule has 2 saturated heterocycles. The van der Waals surface area contributed by atoms with Gasteiger partial charge in [0.05, 0.1) is 22.3 Å². The Kier molecular flexibility index (Phi) is 4.71. The Hall–Kier alpha value is -1.56. The van der Waals surface area contributed by atoms with E-state index < -0.39 is 0 Å². The van der Waals surface area contributed by atoms with Gasteiger partial charge in [-0.15, -0.1) is 0 Å². The van der Waals surface area contributed by atoms with E-state index in [1.807, 2.05) is 6.92 Å². The summed E-state index contributed by atoms with van der Waals surface area (Å²) in [6, 6.07) is 6.84. The van der Waals surface area contributed by atoms with E-state index in [1.54, 1.807) is 24.3 Å². The fourth-order valence-corrected chi connectivity index (χ4v) is 4.34. The summed E-state index contributed by atoms with van der Waals surface area (Å²) < 4.78 is 7.10. The largest absolute Gasteiger partial charge is 0.381 e. The highest BCUT2D eigenvalue weighted by molar-refractivity contribution is 6.43. The lowest BCUT2D eigenvalue weighted by Crippen LogP contribution is -2.41. The predicted octanol–water partition coefficient (Wildman–Crippen LogP) is 3.85. The highest BCUT2D eigenvalue weighted by atomic mass is 35.5. The molecule has 5 nitrogen and oxygen atoms in total. The van der Waals surface area contributed by atoms with Crippen molar-refractivity contribution >= 4 is 29.0 Å². The van der Waals surface area contributed by atoms with Gasteiger partial charge in [0.2, 0.25) is 0 Å². The fourth-order valence-electron chi connectivity index (χ4n) is 3.96. The zero-order valence-corrected chi connectivity index (χ0v) is 16.2. The van der Waals surface area contributed by atoms with Gasteiger partial charge in [0, 0.05) is 25.8 Å². The van der Waals surface area contributed by atoms with Crippen molar-refractivity contribution in [3.05, 3.63) is 50.5 Å². The summed E-state index contributed by atoms with van der Waals surface area (Å²) in [5.74, 6) is 1.33. The molecule has 3 heterocycles. The van der Waals surface area contributed by atoms with Crippen LogP contribution in [0.3, 0.4) is 0 Å². The molecule has 0 bridgehead atoms. The molecular formula is C19H21Cl2N3O2. The molecule has 0 N–H and O–H groups in total. The van der Waals surface area contributed by atoms with Crippen LogP contribution in [0.1, 0.15) is 25.1 Å². The topological polar surface area (TPSA) is 47.4 Å². The second-order valence-corrected chi connectivity index (χ2v) is 7.98. The number of halogens is 2. The average Bonchev–Trinajstić information content (AvgIpc) is 3.06. The molecule has 1 aromatic heterocycles. The molecule has 4 rings (SSSR count). The van der Waals surface area contributed by atoms with Gasteiger partial charge >= 0.3 is 0 Å². The number of hydrogen-bond acceptors (Lipinski definition) is 4. The van der Waals surface area contributed by atoms with E-state index in [0.29, 0.717) is 27.0 Å². The van der Waals surface area contributed by atoms with Gasteiger partial charge in [0.15, 0.2) is 0 Å². The minimum atomic E-state index is -0.152. The van der Waals surface area contributed by atoms with Gasteiger partial charge in [-0.1, -0.05) is 29.3 Å². The average molecular weight is 394 g/mol. The lowest BCUT2D eigenvalue weighted by molar-refractivity contribution is 0.133. The van der Waals surface area contributed by atoms with Crippen molar-refractivity contribution in [2.45, 2.75) is 26.2 Å². The van der Waals surface area contributed by atoms with Crippen LogP contribution in [0.15, 0.2) is 29.1 Å². The molecule has 2 aliphatic rings. The molecule has 2 fully saturated rings. The van der Waals surface area contributed by atoms with Crippen molar-refractivity contribution in [2.75, 3.05) is 31.2 Å². The lowest BCUT2D eigenvalue weighted by atomic mass is 9.78. The standard InChI is InChI=1S/C19H21Cl2N3O2/c1-13-22-16(23-8-5-19(6-9-23)7-10-26-12-19)11-17(25)24(13)15-4-2-3-14(20)18(15)21/h2-4,11H,5-10,12H2,1H3. The molecule has 0 aliphatic carbocycles. The van der Waals surface area contributed by atoms with Crippen LogP contribution in [0.5, 0.6) is 0 Å². The number of benzene rings is 1. The first-order valence-corrected chi connectivity index (χ1v) is 9.63. The maximum absolute atomic E-state index is 12.8. The second-order valence-electron chi connectivity index (χ2n) is 7.20. The molecule has 0 atom stereocenters. The van der Waals surface area contributed by atoms with E-state index in [9.17, 15) is 4.79 Å². The van der Waals surface area contributed by atoms with Crippen molar-refractivity contribution in [1.29, 1.82) is 0 Å². The Labute approximate surface area is 162 Å². The molecule has 1 aromatic carbocycles. The van der Waals surface area contributed by atoms with Crippen LogP contribution in [0.25, 0.3) is 5.69 Å². The molecule has 2 aliphatic heterocycles. The first-order chi connectivity index (χ1) is 12.5. The first-order valence-electron chi connectivity index (χ1n) is 8.87.